The van der Waals surface area contributed by atoms with Crippen LogP contribution in [0.15, 0.2) is 24.3 Å². The Bertz CT molecular complexity index is 1460. The molecule has 0 aromatic heterocycles. The highest BCUT2D eigenvalue weighted by molar-refractivity contribution is 5.94. The molecule has 224 valence electrons. The van der Waals surface area contributed by atoms with E-state index in [-0.39, 0.29) is 30.2 Å². The van der Waals surface area contributed by atoms with Gasteiger partial charge in [0.05, 0.1) is 30.3 Å². The molecule has 0 spiro atoms. The second-order valence-electron chi connectivity index (χ2n) is 10.8. The number of carboxylic acids is 1. The molecule has 1 N–H and O–H groups in total. The molecule has 2 aromatic rings. The number of halogens is 3. The van der Waals surface area contributed by atoms with Crippen LogP contribution >= 0.6 is 0 Å². The van der Waals surface area contributed by atoms with Crippen LogP contribution in [0.1, 0.15) is 60.5 Å². The summed E-state index contributed by atoms with van der Waals surface area (Å²) < 4.78 is 47.7. The average molecular weight is 591 g/mol. The molecular weight excluding hydrogens is 561 g/mol. The van der Waals surface area contributed by atoms with Gasteiger partial charge in [-0.05, 0) is 48.2 Å². The number of ether oxygens (including phenoxy) is 3. The zero-order valence-corrected chi connectivity index (χ0v) is 23.0. The number of carbonyl (C=O) groups is 4. The highest BCUT2D eigenvalue weighted by Gasteiger charge is 2.46. The van der Waals surface area contributed by atoms with Crippen molar-refractivity contribution < 1.29 is 56.6 Å². The van der Waals surface area contributed by atoms with Crippen LogP contribution in [0.5, 0.6) is 0 Å². The molecule has 1 amide bonds. The van der Waals surface area contributed by atoms with E-state index in [2.05, 4.69) is 6.92 Å². The Morgan fingerprint density at radius 3 is 2.10 bits per heavy atom. The van der Waals surface area contributed by atoms with E-state index >= 15 is 0 Å². The van der Waals surface area contributed by atoms with Crippen LogP contribution in [0.4, 0.5) is 18.0 Å². The molecule has 0 bridgehead atoms. The summed E-state index contributed by atoms with van der Waals surface area (Å²) in [5.41, 5.74) is 7.70. The van der Waals surface area contributed by atoms with Crippen molar-refractivity contribution >= 4 is 24.0 Å². The van der Waals surface area contributed by atoms with Gasteiger partial charge in [-0.3, -0.25) is 4.90 Å². The van der Waals surface area contributed by atoms with Crippen molar-refractivity contribution in [3.63, 3.8) is 0 Å². The summed E-state index contributed by atoms with van der Waals surface area (Å²) in [5, 5.41) is 8.78. The number of hydrogen-bond donors (Lipinski definition) is 1. The topological polar surface area (TPSA) is 127 Å². The number of aliphatic carboxylic acids is 1. The molecule has 13 heteroatoms. The Balaban J connectivity index is 0.000000451. The second-order valence-corrected chi connectivity index (χ2v) is 10.8. The summed E-state index contributed by atoms with van der Waals surface area (Å²) in [4.78, 5) is 48.5. The summed E-state index contributed by atoms with van der Waals surface area (Å²) in [6.45, 7) is 7.94. The van der Waals surface area contributed by atoms with Crippen molar-refractivity contribution in [1.29, 1.82) is 0 Å². The number of carbonyl (C=O) groups excluding carboxylic acids is 4. The Morgan fingerprint density at radius 1 is 0.976 bits per heavy atom. The molecule has 4 aliphatic heterocycles. The van der Waals surface area contributed by atoms with E-state index in [0.29, 0.717) is 30.9 Å². The van der Waals surface area contributed by atoms with Crippen molar-refractivity contribution in [1.82, 2.24) is 4.90 Å². The van der Waals surface area contributed by atoms with E-state index in [1.807, 2.05) is 36.1 Å². The number of benzene rings is 2. The van der Waals surface area contributed by atoms with Gasteiger partial charge in [0.15, 0.2) is 6.10 Å². The van der Waals surface area contributed by atoms with Crippen molar-refractivity contribution in [2.24, 2.45) is 0 Å². The first-order valence-corrected chi connectivity index (χ1v) is 13.5. The smallest absolute Gasteiger partial charge is 0.430 e. The normalized spacial score (nSPS) is 22.4. The Morgan fingerprint density at radius 2 is 1.52 bits per heavy atom. The fourth-order valence-corrected chi connectivity index (χ4v) is 6.01. The van der Waals surface area contributed by atoms with Crippen LogP contribution < -0.4 is 10.0 Å². The first kappa shape index (κ1) is 29.4. The number of nitrogens with zero attached hydrogens (tertiary/aromatic N) is 1. The number of amides is 1. The maximum atomic E-state index is 12.8. The van der Waals surface area contributed by atoms with Gasteiger partial charge in [-0.25, -0.2) is 14.4 Å². The number of cyclic esters (lactones) is 2. The number of rotatable bonds is 5. The highest BCUT2D eigenvalue weighted by Crippen LogP contribution is 2.30. The number of fused-ring (bicyclic) bond motifs is 3. The molecule has 42 heavy (non-hydrogen) atoms. The minimum Gasteiger partial charge on any atom is -0.542 e. The van der Waals surface area contributed by atoms with Crippen LogP contribution in [-0.2, 0) is 45.2 Å². The van der Waals surface area contributed by atoms with Gasteiger partial charge in [0.25, 0.3) is 0 Å². The molecule has 0 radical (unpaired) electrons. The number of esters is 2. The Labute approximate surface area is 238 Å². The fraction of sp³-hybridized carbons (Fsp3) is 0.448. The lowest BCUT2D eigenvalue weighted by Gasteiger charge is -2.33. The first-order chi connectivity index (χ1) is 19.8. The number of likely N-dealkylation sites (tertiary alicyclic amines) is 1. The van der Waals surface area contributed by atoms with Crippen LogP contribution in [0.3, 0.4) is 0 Å². The van der Waals surface area contributed by atoms with Crippen molar-refractivity contribution in [3.05, 3.63) is 68.8 Å². The van der Waals surface area contributed by atoms with E-state index in [0.717, 1.165) is 60.3 Å². The number of piperidine rings is 1. The minimum atomic E-state index is -5.19. The third-order valence-corrected chi connectivity index (χ3v) is 8.48. The zero-order valence-electron chi connectivity index (χ0n) is 23.0. The van der Waals surface area contributed by atoms with Gasteiger partial charge < -0.3 is 29.0 Å². The third-order valence-electron chi connectivity index (χ3n) is 8.48. The van der Waals surface area contributed by atoms with Crippen molar-refractivity contribution in [3.8, 4) is 0 Å². The average Bonchev–Trinajstić information content (AvgIpc) is 3.60. The SMILES string of the molecule is Cc1c(CC[NH+]2CC[C@H]3[C@@H](C2)OC(=O)N3Cc2ccc3c(c2C)COC3=O)ccc2c1COC2=O.O=C([O-])C(F)(F)F. The van der Waals surface area contributed by atoms with E-state index < -0.39 is 12.1 Å². The minimum absolute atomic E-state index is 0.0710. The maximum Gasteiger partial charge on any atom is 0.430 e. The summed E-state index contributed by atoms with van der Waals surface area (Å²) in [5.74, 6) is -3.51. The number of nitrogens with one attached hydrogen (secondary N) is 1. The predicted octanol–water partition coefficient (Wildman–Crippen LogP) is 1.16. The van der Waals surface area contributed by atoms with Gasteiger partial charge in [0.2, 0.25) is 0 Å². The lowest BCUT2D eigenvalue weighted by molar-refractivity contribution is -0.908. The number of quaternary nitrogens is 1. The van der Waals surface area contributed by atoms with Gasteiger partial charge in [-0.2, -0.15) is 13.2 Å². The quantitative estimate of drug-likeness (QED) is 0.406. The summed E-state index contributed by atoms with van der Waals surface area (Å²) in [7, 11) is 0. The summed E-state index contributed by atoms with van der Waals surface area (Å²) >= 11 is 0. The molecule has 2 saturated heterocycles. The van der Waals surface area contributed by atoms with Gasteiger partial charge in [-0.1, -0.05) is 12.1 Å². The molecule has 3 atom stereocenters. The van der Waals surface area contributed by atoms with E-state index in [1.54, 1.807) is 0 Å². The van der Waals surface area contributed by atoms with Crippen LogP contribution in [0.2, 0.25) is 0 Å². The largest absolute Gasteiger partial charge is 0.542 e. The third kappa shape index (κ3) is 5.65. The molecule has 4 aliphatic rings. The molecule has 2 fully saturated rings. The fourth-order valence-electron chi connectivity index (χ4n) is 6.01. The van der Waals surface area contributed by atoms with Gasteiger partial charge in [0, 0.05) is 30.5 Å². The van der Waals surface area contributed by atoms with Crippen LogP contribution in [-0.4, -0.2) is 66.9 Å². The number of carboxylic acid groups (broad SMARTS) is 1. The molecule has 10 nitrogen and oxygen atoms in total. The monoisotopic (exact) mass is 590 g/mol. The Hall–Kier alpha value is -4.13. The number of alkyl halides is 3. The van der Waals surface area contributed by atoms with E-state index in [9.17, 15) is 27.6 Å². The molecule has 4 heterocycles. The molecule has 1 unspecified atom stereocenters. The van der Waals surface area contributed by atoms with E-state index in [1.165, 1.54) is 10.5 Å². The Kier molecular flexibility index (Phi) is 7.88. The molecule has 0 aliphatic carbocycles. The van der Waals surface area contributed by atoms with Crippen molar-refractivity contribution in [2.45, 2.75) is 64.8 Å². The summed E-state index contributed by atoms with van der Waals surface area (Å²) in [6.07, 6.45) is -3.76. The lowest BCUT2D eigenvalue weighted by Crippen LogP contribution is -3.15. The summed E-state index contributed by atoms with van der Waals surface area (Å²) in [6, 6.07) is 7.73. The highest BCUT2D eigenvalue weighted by atomic mass is 19.4. The molecule has 0 saturated carbocycles. The molecule has 2 aromatic carbocycles. The zero-order chi connectivity index (χ0) is 30.3. The lowest BCUT2D eigenvalue weighted by atomic mass is 9.95. The van der Waals surface area contributed by atoms with Gasteiger partial charge in [-0.15, -0.1) is 0 Å². The molecule has 6 rings (SSSR count). The molecular formula is C29H29F3N2O8. The van der Waals surface area contributed by atoms with Crippen LogP contribution in [0, 0.1) is 13.8 Å². The van der Waals surface area contributed by atoms with Crippen molar-refractivity contribution in [2.75, 3.05) is 19.6 Å². The first-order valence-electron chi connectivity index (χ1n) is 13.5. The van der Waals surface area contributed by atoms with Gasteiger partial charge >= 0.3 is 24.2 Å². The van der Waals surface area contributed by atoms with Crippen LogP contribution in [0.25, 0.3) is 0 Å². The predicted molar refractivity (Wildman–Crippen MR) is 135 cm³/mol. The standard InChI is InChI=1S/C27H28N2O6.C2HF3O2/c1-15-17(3-5-19-21(15)13-33-25(19)30)7-9-28-10-8-23-24(12-28)35-27(32)29(23)11-18-4-6-20-22(16(18)2)14-34-26(20)31;3-2(4,5)1(6)7/h3-6,23-24H,7-14H2,1-2H3;(H,6,7)/t23-,24+;/m0./s1. The van der Waals surface area contributed by atoms with Gasteiger partial charge in [0.1, 0.15) is 25.7 Å². The van der Waals surface area contributed by atoms with E-state index in [4.69, 9.17) is 24.1 Å². The number of hydrogen-bond acceptors (Lipinski definition) is 8. The maximum absolute atomic E-state index is 12.8. The second kappa shape index (κ2) is 11.3.